The van der Waals surface area contributed by atoms with Crippen molar-refractivity contribution in [3.05, 3.63) is 58.1 Å². The Bertz CT molecular complexity index is 741. The molecule has 0 aliphatic heterocycles. The molecule has 0 unspecified atom stereocenters. The first-order chi connectivity index (χ1) is 10.5. The number of carbonyl (C=O) groups is 1. The fraction of sp³-hybridized carbons (Fsp3) is 0.125. The minimum atomic E-state index is -0.776. The van der Waals surface area contributed by atoms with Gasteiger partial charge >= 0.3 is 0 Å². The van der Waals surface area contributed by atoms with E-state index in [2.05, 4.69) is 5.32 Å². The molecular formula is C16H12Cl2N2O2. The number of halogens is 2. The van der Waals surface area contributed by atoms with Crippen LogP contribution in [0.2, 0.25) is 10.0 Å². The Morgan fingerprint density at radius 1 is 1.27 bits per heavy atom. The number of nitrogens with one attached hydrogen (secondary N) is 1. The number of hydrogen-bond donors (Lipinski definition) is 1. The summed E-state index contributed by atoms with van der Waals surface area (Å²) >= 11 is 11.9. The third-order valence-corrected chi connectivity index (χ3v) is 3.37. The normalized spacial score (nSPS) is 11.4. The van der Waals surface area contributed by atoms with Crippen molar-refractivity contribution in [2.24, 2.45) is 0 Å². The molecule has 0 spiro atoms. The zero-order chi connectivity index (χ0) is 16.1. The highest BCUT2D eigenvalue weighted by Crippen LogP contribution is 2.28. The van der Waals surface area contributed by atoms with Crippen molar-refractivity contribution in [1.82, 2.24) is 0 Å². The summed E-state index contributed by atoms with van der Waals surface area (Å²) in [7, 11) is 0. The molecule has 112 valence electrons. The Balaban J connectivity index is 2.06. The number of amides is 1. The molecule has 0 saturated heterocycles. The predicted molar refractivity (Wildman–Crippen MR) is 86.3 cm³/mol. The molecule has 0 aromatic heterocycles. The number of nitriles is 1. The van der Waals surface area contributed by atoms with E-state index in [-0.39, 0.29) is 5.91 Å². The van der Waals surface area contributed by atoms with Gasteiger partial charge in [-0.15, -0.1) is 0 Å². The van der Waals surface area contributed by atoms with Gasteiger partial charge in [-0.3, -0.25) is 4.79 Å². The molecule has 1 amide bonds. The summed E-state index contributed by atoms with van der Waals surface area (Å²) in [6.45, 7) is 1.60. The predicted octanol–water partition coefficient (Wildman–Crippen LogP) is 4.27. The van der Waals surface area contributed by atoms with Crippen LogP contribution >= 0.6 is 23.2 Å². The van der Waals surface area contributed by atoms with Crippen LogP contribution in [-0.4, -0.2) is 12.0 Å². The second kappa shape index (κ2) is 7.17. The second-order valence-electron chi connectivity index (χ2n) is 4.52. The molecule has 6 heteroatoms. The van der Waals surface area contributed by atoms with E-state index in [0.717, 1.165) is 0 Å². The van der Waals surface area contributed by atoms with Crippen LogP contribution in [0.15, 0.2) is 42.5 Å². The van der Waals surface area contributed by atoms with Crippen LogP contribution in [0.4, 0.5) is 5.69 Å². The standard InChI is InChI=1S/C16H12Cl2N2O2/c1-10(22-15-8-12(17)5-6-14(15)18)16(21)20-13-4-2-3-11(7-13)9-19/h2-8,10H,1H3,(H,20,21)/t10-/m0/s1. The summed E-state index contributed by atoms with van der Waals surface area (Å²) in [5.41, 5.74) is 0.987. The lowest BCUT2D eigenvalue weighted by molar-refractivity contribution is -0.122. The molecule has 1 N–H and O–H groups in total. The molecular weight excluding hydrogens is 323 g/mol. The Labute approximate surface area is 138 Å². The Kier molecular flexibility index (Phi) is 5.26. The number of rotatable bonds is 4. The highest BCUT2D eigenvalue weighted by molar-refractivity contribution is 6.34. The van der Waals surface area contributed by atoms with Gasteiger partial charge in [0, 0.05) is 16.8 Å². The number of benzene rings is 2. The molecule has 22 heavy (non-hydrogen) atoms. The molecule has 0 saturated carbocycles. The number of carbonyl (C=O) groups excluding carboxylic acids is 1. The maximum atomic E-state index is 12.1. The van der Waals surface area contributed by atoms with Crippen molar-refractivity contribution in [1.29, 1.82) is 5.26 Å². The fourth-order valence-corrected chi connectivity index (χ4v) is 2.05. The van der Waals surface area contributed by atoms with Gasteiger partial charge in [0.15, 0.2) is 6.10 Å². The monoisotopic (exact) mass is 334 g/mol. The summed E-state index contributed by atoms with van der Waals surface area (Å²) < 4.78 is 5.52. The molecule has 0 aliphatic rings. The van der Waals surface area contributed by atoms with Crippen LogP contribution in [0.5, 0.6) is 5.75 Å². The van der Waals surface area contributed by atoms with Gasteiger partial charge in [-0.25, -0.2) is 0 Å². The second-order valence-corrected chi connectivity index (χ2v) is 5.36. The van der Waals surface area contributed by atoms with Crippen molar-refractivity contribution in [2.75, 3.05) is 5.32 Å². The van der Waals surface area contributed by atoms with Crippen LogP contribution < -0.4 is 10.1 Å². The van der Waals surface area contributed by atoms with Crippen molar-refractivity contribution < 1.29 is 9.53 Å². The number of nitrogens with zero attached hydrogens (tertiary/aromatic N) is 1. The SMILES string of the molecule is C[C@H](Oc1cc(Cl)ccc1Cl)C(=O)Nc1cccc(C#N)c1. The van der Waals surface area contributed by atoms with E-state index in [9.17, 15) is 4.79 Å². The van der Waals surface area contributed by atoms with Crippen molar-refractivity contribution >= 4 is 34.8 Å². The lowest BCUT2D eigenvalue weighted by atomic mass is 10.2. The largest absolute Gasteiger partial charge is 0.479 e. The summed E-state index contributed by atoms with van der Waals surface area (Å²) in [4.78, 5) is 12.1. The first-order valence-electron chi connectivity index (χ1n) is 6.42. The molecule has 0 heterocycles. The van der Waals surface area contributed by atoms with E-state index in [4.69, 9.17) is 33.2 Å². The van der Waals surface area contributed by atoms with Gasteiger partial charge in [0.1, 0.15) is 5.75 Å². The third-order valence-electron chi connectivity index (χ3n) is 2.83. The van der Waals surface area contributed by atoms with Gasteiger partial charge in [0.25, 0.3) is 5.91 Å². The average Bonchev–Trinajstić information content (AvgIpc) is 2.51. The molecule has 1 atom stereocenters. The lowest BCUT2D eigenvalue weighted by Gasteiger charge is -2.16. The van der Waals surface area contributed by atoms with Gasteiger partial charge in [-0.05, 0) is 37.3 Å². The van der Waals surface area contributed by atoms with Gasteiger partial charge in [0.05, 0.1) is 16.7 Å². The molecule has 2 aromatic rings. The molecule has 0 radical (unpaired) electrons. The highest BCUT2D eigenvalue weighted by Gasteiger charge is 2.16. The topological polar surface area (TPSA) is 62.1 Å². The van der Waals surface area contributed by atoms with Crippen LogP contribution in [0, 0.1) is 11.3 Å². The van der Waals surface area contributed by atoms with Crippen LogP contribution in [-0.2, 0) is 4.79 Å². The van der Waals surface area contributed by atoms with Crippen LogP contribution in [0.3, 0.4) is 0 Å². The zero-order valence-corrected chi connectivity index (χ0v) is 13.2. The van der Waals surface area contributed by atoms with Gasteiger partial charge < -0.3 is 10.1 Å². The Morgan fingerprint density at radius 3 is 2.77 bits per heavy atom. The highest BCUT2D eigenvalue weighted by atomic mass is 35.5. The van der Waals surface area contributed by atoms with E-state index < -0.39 is 6.10 Å². The molecule has 0 fully saturated rings. The van der Waals surface area contributed by atoms with Gasteiger partial charge in [-0.2, -0.15) is 5.26 Å². The third kappa shape index (κ3) is 4.14. The Morgan fingerprint density at radius 2 is 2.05 bits per heavy atom. The summed E-state index contributed by atoms with van der Waals surface area (Å²) in [6, 6.07) is 13.4. The van der Waals surface area contributed by atoms with E-state index in [0.29, 0.717) is 27.0 Å². The molecule has 4 nitrogen and oxygen atoms in total. The van der Waals surface area contributed by atoms with E-state index in [1.807, 2.05) is 6.07 Å². The summed E-state index contributed by atoms with van der Waals surface area (Å²) in [5.74, 6) is -0.0197. The first kappa shape index (κ1) is 16.2. The van der Waals surface area contributed by atoms with Crippen LogP contribution in [0.1, 0.15) is 12.5 Å². The van der Waals surface area contributed by atoms with E-state index in [1.165, 1.54) is 0 Å². The molecule has 2 rings (SSSR count). The zero-order valence-electron chi connectivity index (χ0n) is 11.6. The van der Waals surface area contributed by atoms with Crippen molar-refractivity contribution in [3.63, 3.8) is 0 Å². The minimum Gasteiger partial charge on any atom is -0.479 e. The molecule has 0 aliphatic carbocycles. The van der Waals surface area contributed by atoms with Crippen molar-refractivity contribution in [2.45, 2.75) is 13.0 Å². The maximum Gasteiger partial charge on any atom is 0.265 e. The number of anilines is 1. The molecule has 2 aromatic carbocycles. The number of hydrogen-bond acceptors (Lipinski definition) is 3. The minimum absolute atomic E-state index is 0.336. The number of ether oxygens (including phenoxy) is 1. The first-order valence-corrected chi connectivity index (χ1v) is 7.18. The lowest BCUT2D eigenvalue weighted by Crippen LogP contribution is -2.30. The quantitative estimate of drug-likeness (QED) is 0.907. The summed E-state index contributed by atoms with van der Waals surface area (Å²) in [6.07, 6.45) is -0.776. The van der Waals surface area contributed by atoms with E-state index >= 15 is 0 Å². The van der Waals surface area contributed by atoms with Crippen LogP contribution in [0.25, 0.3) is 0 Å². The fourth-order valence-electron chi connectivity index (χ4n) is 1.72. The summed E-state index contributed by atoms with van der Waals surface area (Å²) in [5, 5.41) is 12.4. The van der Waals surface area contributed by atoms with Gasteiger partial charge in [0.2, 0.25) is 0 Å². The maximum absolute atomic E-state index is 12.1. The Hall–Kier alpha value is -2.22. The smallest absolute Gasteiger partial charge is 0.265 e. The van der Waals surface area contributed by atoms with Crippen molar-refractivity contribution in [3.8, 4) is 11.8 Å². The molecule has 0 bridgehead atoms. The van der Waals surface area contributed by atoms with Gasteiger partial charge in [-0.1, -0.05) is 29.3 Å². The van der Waals surface area contributed by atoms with E-state index in [1.54, 1.807) is 49.4 Å². The average molecular weight is 335 g/mol.